The summed E-state index contributed by atoms with van der Waals surface area (Å²) in [5.41, 5.74) is 3.72. The molecule has 0 bridgehead atoms. The second-order valence-corrected chi connectivity index (χ2v) is 7.51. The fraction of sp³-hybridized carbons (Fsp3) is 0.333. The van der Waals surface area contributed by atoms with E-state index in [0.29, 0.717) is 5.69 Å². The second-order valence-electron chi connectivity index (χ2n) is 6.18. The molecule has 5 nitrogen and oxygen atoms in total. The van der Waals surface area contributed by atoms with Crippen LogP contribution in [0, 0.1) is 6.92 Å². The Morgan fingerprint density at radius 2 is 1.81 bits per heavy atom. The van der Waals surface area contributed by atoms with Crippen molar-refractivity contribution in [2.75, 3.05) is 23.5 Å². The Bertz CT molecular complexity index is 791. The van der Waals surface area contributed by atoms with E-state index in [1.807, 2.05) is 32.0 Å². The number of methoxy groups -OCH3 is 1. The van der Waals surface area contributed by atoms with Gasteiger partial charge in [-0.3, -0.25) is 9.59 Å². The highest BCUT2D eigenvalue weighted by Crippen LogP contribution is 2.23. The number of nitrogens with one attached hydrogen (secondary N) is 2. The van der Waals surface area contributed by atoms with Gasteiger partial charge in [-0.1, -0.05) is 25.1 Å². The van der Waals surface area contributed by atoms with E-state index in [0.717, 1.165) is 29.0 Å². The van der Waals surface area contributed by atoms with Crippen molar-refractivity contribution in [2.45, 2.75) is 32.4 Å². The molecule has 0 saturated carbocycles. The van der Waals surface area contributed by atoms with Crippen molar-refractivity contribution in [2.24, 2.45) is 0 Å². The molecule has 2 rings (SSSR count). The van der Waals surface area contributed by atoms with Crippen molar-refractivity contribution in [3.8, 4) is 5.75 Å². The van der Waals surface area contributed by atoms with Crippen molar-refractivity contribution in [3.63, 3.8) is 0 Å². The van der Waals surface area contributed by atoms with Crippen LogP contribution >= 0.6 is 11.8 Å². The summed E-state index contributed by atoms with van der Waals surface area (Å²) in [6.45, 7) is 5.85. The minimum atomic E-state index is -0.337. The van der Waals surface area contributed by atoms with Crippen LogP contribution < -0.4 is 15.4 Å². The lowest BCUT2D eigenvalue weighted by atomic mass is 10.1. The Kier molecular flexibility index (Phi) is 7.73. The average molecular weight is 387 g/mol. The molecule has 27 heavy (non-hydrogen) atoms. The number of thioether (sulfide) groups is 1. The standard InChI is InChI=1S/C21H26N2O3S/c1-5-16-8-6-7-14(2)20(16)23-21(25)15(3)27-13-19(24)22-17-9-11-18(26-4)12-10-17/h6-12,15H,5,13H2,1-4H3,(H,22,24)(H,23,25). The molecule has 6 heteroatoms. The fourth-order valence-corrected chi connectivity index (χ4v) is 3.26. The number of hydrogen-bond donors (Lipinski definition) is 2. The van der Waals surface area contributed by atoms with Gasteiger partial charge in [0.1, 0.15) is 5.75 Å². The molecule has 1 atom stereocenters. The van der Waals surface area contributed by atoms with Gasteiger partial charge in [-0.15, -0.1) is 11.8 Å². The Morgan fingerprint density at radius 1 is 1.11 bits per heavy atom. The molecule has 2 aromatic rings. The van der Waals surface area contributed by atoms with E-state index in [1.165, 1.54) is 11.8 Å². The molecule has 2 aromatic carbocycles. The van der Waals surface area contributed by atoms with Gasteiger partial charge in [0, 0.05) is 11.4 Å². The van der Waals surface area contributed by atoms with Crippen LogP contribution in [0.2, 0.25) is 0 Å². The van der Waals surface area contributed by atoms with Gasteiger partial charge >= 0.3 is 0 Å². The van der Waals surface area contributed by atoms with Crippen LogP contribution in [0.15, 0.2) is 42.5 Å². The zero-order valence-corrected chi connectivity index (χ0v) is 17.0. The number of aryl methyl sites for hydroxylation is 2. The first-order valence-electron chi connectivity index (χ1n) is 8.89. The molecule has 0 aliphatic heterocycles. The molecule has 2 N–H and O–H groups in total. The fourth-order valence-electron chi connectivity index (χ4n) is 2.57. The zero-order chi connectivity index (χ0) is 19.8. The predicted molar refractivity (Wildman–Crippen MR) is 113 cm³/mol. The molecule has 0 fully saturated rings. The summed E-state index contributed by atoms with van der Waals surface area (Å²) >= 11 is 1.31. The van der Waals surface area contributed by atoms with Crippen molar-refractivity contribution in [3.05, 3.63) is 53.6 Å². The van der Waals surface area contributed by atoms with Gasteiger partial charge in [0.15, 0.2) is 0 Å². The van der Waals surface area contributed by atoms with Crippen LogP contribution in [0.3, 0.4) is 0 Å². The van der Waals surface area contributed by atoms with Crippen LogP contribution in [0.5, 0.6) is 5.75 Å². The maximum atomic E-state index is 12.5. The minimum Gasteiger partial charge on any atom is -0.497 e. The van der Waals surface area contributed by atoms with E-state index in [-0.39, 0.29) is 22.8 Å². The number of benzene rings is 2. The first kappa shape index (κ1) is 20.8. The summed E-state index contributed by atoms with van der Waals surface area (Å²) in [5, 5.41) is 5.49. The Balaban J connectivity index is 1.86. The van der Waals surface area contributed by atoms with Gasteiger partial charge in [0.05, 0.1) is 18.1 Å². The molecule has 0 heterocycles. The molecule has 0 aromatic heterocycles. The van der Waals surface area contributed by atoms with Crippen molar-refractivity contribution < 1.29 is 14.3 Å². The molecule has 0 aliphatic carbocycles. The molecule has 0 saturated heterocycles. The van der Waals surface area contributed by atoms with Gasteiger partial charge in [-0.05, 0) is 55.7 Å². The Hall–Kier alpha value is -2.47. The second kappa shape index (κ2) is 10.0. The summed E-state index contributed by atoms with van der Waals surface area (Å²) in [5.74, 6) is 0.696. The third-order valence-electron chi connectivity index (χ3n) is 4.20. The molecule has 0 radical (unpaired) electrons. The number of carbonyl (C=O) groups excluding carboxylic acids is 2. The number of amides is 2. The Morgan fingerprint density at radius 3 is 2.44 bits per heavy atom. The highest BCUT2D eigenvalue weighted by Gasteiger charge is 2.17. The normalized spacial score (nSPS) is 11.6. The van der Waals surface area contributed by atoms with Crippen molar-refractivity contribution in [1.82, 2.24) is 0 Å². The number of carbonyl (C=O) groups is 2. The molecule has 144 valence electrons. The minimum absolute atomic E-state index is 0.0961. The van der Waals surface area contributed by atoms with Gasteiger partial charge < -0.3 is 15.4 Å². The highest BCUT2D eigenvalue weighted by atomic mass is 32.2. The van der Waals surface area contributed by atoms with Crippen LogP contribution in [0.25, 0.3) is 0 Å². The first-order chi connectivity index (χ1) is 12.9. The van der Waals surface area contributed by atoms with E-state index in [4.69, 9.17) is 4.74 Å². The average Bonchev–Trinajstić information content (AvgIpc) is 2.68. The van der Waals surface area contributed by atoms with Crippen LogP contribution in [0.4, 0.5) is 11.4 Å². The van der Waals surface area contributed by atoms with Crippen LogP contribution in [-0.2, 0) is 16.0 Å². The van der Waals surface area contributed by atoms with Crippen molar-refractivity contribution in [1.29, 1.82) is 0 Å². The Labute approximate surface area is 164 Å². The molecule has 0 spiro atoms. The smallest absolute Gasteiger partial charge is 0.237 e. The monoisotopic (exact) mass is 386 g/mol. The largest absolute Gasteiger partial charge is 0.497 e. The number of rotatable bonds is 8. The van der Waals surface area contributed by atoms with Crippen LogP contribution in [-0.4, -0.2) is 29.9 Å². The molecule has 2 amide bonds. The maximum absolute atomic E-state index is 12.5. The number of ether oxygens (including phenoxy) is 1. The van der Waals surface area contributed by atoms with Gasteiger partial charge in [-0.2, -0.15) is 0 Å². The van der Waals surface area contributed by atoms with Crippen molar-refractivity contribution >= 4 is 35.0 Å². The lowest BCUT2D eigenvalue weighted by molar-refractivity contribution is -0.115. The van der Waals surface area contributed by atoms with E-state index >= 15 is 0 Å². The number of para-hydroxylation sites is 1. The van der Waals surface area contributed by atoms with Gasteiger partial charge in [-0.25, -0.2) is 0 Å². The summed E-state index contributed by atoms with van der Waals surface area (Å²) in [7, 11) is 1.59. The molecule has 1 unspecified atom stereocenters. The quantitative estimate of drug-likeness (QED) is 0.711. The van der Waals surface area contributed by atoms with Gasteiger partial charge in [0.25, 0.3) is 0 Å². The third kappa shape index (κ3) is 6.03. The molecule has 0 aliphatic rings. The number of hydrogen-bond acceptors (Lipinski definition) is 4. The first-order valence-corrected chi connectivity index (χ1v) is 9.94. The SMILES string of the molecule is CCc1cccc(C)c1NC(=O)C(C)SCC(=O)Nc1ccc(OC)cc1. The van der Waals surface area contributed by atoms with Crippen LogP contribution in [0.1, 0.15) is 25.0 Å². The van der Waals surface area contributed by atoms with E-state index < -0.39 is 0 Å². The summed E-state index contributed by atoms with van der Waals surface area (Å²) in [4.78, 5) is 24.6. The maximum Gasteiger partial charge on any atom is 0.237 e. The van der Waals surface area contributed by atoms with Gasteiger partial charge in [0.2, 0.25) is 11.8 Å². The van der Waals surface area contributed by atoms with E-state index in [1.54, 1.807) is 31.4 Å². The molecular formula is C21H26N2O3S. The third-order valence-corrected chi connectivity index (χ3v) is 5.34. The zero-order valence-electron chi connectivity index (χ0n) is 16.2. The summed E-state index contributed by atoms with van der Waals surface area (Å²) in [6, 6.07) is 13.1. The lowest BCUT2D eigenvalue weighted by Gasteiger charge is -2.16. The lowest BCUT2D eigenvalue weighted by Crippen LogP contribution is -2.25. The molecular weight excluding hydrogens is 360 g/mol. The van der Waals surface area contributed by atoms with E-state index in [2.05, 4.69) is 17.6 Å². The summed E-state index contributed by atoms with van der Waals surface area (Å²) < 4.78 is 5.09. The highest BCUT2D eigenvalue weighted by molar-refractivity contribution is 8.01. The topological polar surface area (TPSA) is 67.4 Å². The predicted octanol–water partition coefficient (Wildman–Crippen LogP) is 4.26. The van der Waals surface area contributed by atoms with E-state index in [9.17, 15) is 9.59 Å². The number of anilines is 2. The summed E-state index contributed by atoms with van der Waals surface area (Å²) in [6.07, 6.45) is 0.850.